The van der Waals surface area contributed by atoms with Gasteiger partial charge in [-0.25, -0.2) is 13.6 Å². The van der Waals surface area contributed by atoms with Crippen LogP contribution in [0.15, 0.2) is 12.1 Å². The minimum atomic E-state index is -3.54. The lowest BCUT2D eigenvalue weighted by Gasteiger charge is -2.08. The molecule has 10 heteroatoms. The molecule has 0 aliphatic rings. The molecule has 19 heavy (non-hydrogen) atoms. The van der Waals surface area contributed by atoms with Crippen LogP contribution >= 0.6 is 23.2 Å². The number of halogens is 2. The first-order chi connectivity index (χ1) is 8.70. The maximum absolute atomic E-state index is 10.8. The van der Waals surface area contributed by atoms with Crippen LogP contribution in [-0.4, -0.2) is 25.6 Å². The topological polar surface area (TPSA) is 115 Å². The van der Waals surface area contributed by atoms with Crippen LogP contribution in [0.4, 0.5) is 11.4 Å². The Labute approximate surface area is 119 Å². The minimum absolute atomic E-state index is 0.0726. The van der Waals surface area contributed by atoms with E-state index in [0.29, 0.717) is 0 Å². The third-order valence-electron chi connectivity index (χ3n) is 2.16. The minimum Gasteiger partial charge on any atom is -0.379 e. The second-order valence-electron chi connectivity index (χ2n) is 3.69. The normalized spacial score (nSPS) is 11.3. The molecule has 0 atom stereocenters. The molecule has 0 saturated heterocycles. The van der Waals surface area contributed by atoms with Gasteiger partial charge in [0.15, 0.2) is 0 Å². The second kappa shape index (κ2) is 6.38. The molecule has 1 rings (SSSR count). The highest BCUT2D eigenvalue weighted by Crippen LogP contribution is 2.33. The molecule has 0 amide bonds. The molecule has 0 aliphatic heterocycles. The Bertz CT molecular complexity index is 591. The van der Waals surface area contributed by atoms with E-state index in [1.165, 1.54) is 6.07 Å². The van der Waals surface area contributed by atoms with Crippen molar-refractivity contribution in [3.8, 4) is 0 Å². The molecule has 0 aromatic heterocycles. The first kappa shape index (κ1) is 16.0. The maximum Gasteiger partial charge on any atom is 0.293 e. The summed E-state index contributed by atoms with van der Waals surface area (Å²) in [5, 5.41) is 18.6. The van der Waals surface area contributed by atoms with Crippen LogP contribution in [-0.2, 0) is 10.0 Å². The number of nitrogens with one attached hydrogen (secondary N) is 1. The zero-order chi connectivity index (χ0) is 14.6. The monoisotopic (exact) mass is 327 g/mol. The van der Waals surface area contributed by atoms with E-state index in [1.807, 2.05) is 0 Å². The smallest absolute Gasteiger partial charge is 0.293 e. The van der Waals surface area contributed by atoms with E-state index in [4.69, 9.17) is 28.3 Å². The van der Waals surface area contributed by atoms with Crippen molar-refractivity contribution >= 4 is 44.6 Å². The third-order valence-corrected chi connectivity index (χ3v) is 3.74. The molecule has 106 valence electrons. The van der Waals surface area contributed by atoms with Crippen molar-refractivity contribution in [1.29, 1.82) is 0 Å². The van der Waals surface area contributed by atoms with Gasteiger partial charge in [0.1, 0.15) is 5.69 Å². The molecule has 0 saturated carbocycles. The number of anilines is 1. The van der Waals surface area contributed by atoms with Crippen LogP contribution in [0.1, 0.15) is 6.42 Å². The highest BCUT2D eigenvalue weighted by Gasteiger charge is 2.16. The summed E-state index contributed by atoms with van der Waals surface area (Å²) in [6.07, 6.45) is 0.218. The van der Waals surface area contributed by atoms with E-state index in [9.17, 15) is 18.5 Å². The number of nitro groups is 1. The Hall–Kier alpha value is -1.09. The van der Waals surface area contributed by atoms with E-state index in [0.717, 1.165) is 6.07 Å². The number of nitrogens with zero attached hydrogens (tertiary/aromatic N) is 1. The number of hydrogen-bond acceptors (Lipinski definition) is 5. The summed E-state index contributed by atoms with van der Waals surface area (Å²) in [4.78, 5) is 10.2. The largest absolute Gasteiger partial charge is 0.379 e. The maximum atomic E-state index is 10.8. The van der Waals surface area contributed by atoms with E-state index < -0.39 is 14.9 Å². The van der Waals surface area contributed by atoms with Crippen molar-refractivity contribution in [2.24, 2.45) is 5.14 Å². The lowest BCUT2D eigenvalue weighted by atomic mass is 10.2. The molecular formula is C9H11Cl2N3O4S. The molecule has 1 aromatic rings. The Morgan fingerprint density at radius 1 is 1.32 bits per heavy atom. The van der Waals surface area contributed by atoms with Gasteiger partial charge in [0, 0.05) is 12.6 Å². The van der Waals surface area contributed by atoms with Crippen LogP contribution in [0.25, 0.3) is 0 Å². The van der Waals surface area contributed by atoms with Gasteiger partial charge in [-0.05, 0) is 12.5 Å². The number of rotatable bonds is 6. The molecule has 1 aromatic carbocycles. The van der Waals surface area contributed by atoms with Gasteiger partial charge >= 0.3 is 0 Å². The first-order valence-electron chi connectivity index (χ1n) is 5.08. The van der Waals surface area contributed by atoms with Gasteiger partial charge < -0.3 is 5.32 Å². The quantitative estimate of drug-likeness (QED) is 0.471. The molecule has 0 unspecified atom stereocenters. The van der Waals surface area contributed by atoms with E-state index >= 15 is 0 Å². The van der Waals surface area contributed by atoms with Crippen molar-refractivity contribution in [3.63, 3.8) is 0 Å². The van der Waals surface area contributed by atoms with Crippen molar-refractivity contribution in [3.05, 3.63) is 32.3 Å². The number of nitro benzene ring substituents is 1. The van der Waals surface area contributed by atoms with Gasteiger partial charge in [-0.1, -0.05) is 23.2 Å². The highest BCUT2D eigenvalue weighted by molar-refractivity contribution is 7.89. The summed E-state index contributed by atoms with van der Waals surface area (Å²) in [7, 11) is -3.54. The molecule has 0 spiro atoms. The summed E-state index contributed by atoms with van der Waals surface area (Å²) in [6, 6.07) is 2.45. The van der Waals surface area contributed by atoms with Crippen LogP contribution in [0.5, 0.6) is 0 Å². The number of hydrogen-bond donors (Lipinski definition) is 2. The van der Waals surface area contributed by atoms with E-state index in [2.05, 4.69) is 5.32 Å². The summed E-state index contributed by atoms with van der Waals surface area (Å²) in [5.41, 5.74) is -0.0566. The predicted octanol–water partition coefficient (Wildman–Crippen LogP) is 1.99. The Kier molecular flexibility index (Phi) is 5.36. The fourth-order valence-corrected chi connectivity index (χ4v) is 2.19. The van der Waals surface area contributed by atoms with Gasteiger partial charge in [0.05, 0.1) is 20.7 Å². The van der Waals surface area contributed by atoms with E-state index in [1.54, 1.807) is 0 Å². The summed E-state index contributed by atoms with van der Waals surface area (Å²) in [6.45, 7) is 0.204. The van der Waals surface area contributed by atoms with Crippen LogP contribution in [0.2, 0.25) is 10.0 Å². The number of sulfonamides is 1. The Balaban J connectivity index is 2.77. The summed E-state index contributed by atoms with van der Waals surface area (Å²) < 4.78 is 21.4. The number of nitrogens with two attached hydrogens (primary N) is 1. The van der Waals surface area contributed by atoms with Crippen LogP contribution in [0, 0.1) is 10.1 Å². The zero-order valence-electron chi connectivity index (χ0n) is 9.60. The molecule has 0 bridgehead atoms. The van der Waals surface area contributed by atoms with Gasteiger partial charge in [-0.2, -0.15) is 0 Å². The summed E-state index contributed by atoms with van der Waals surface area (Å²) >= 11 is 11.5. The molecule has 7 nitrogen and oxygen atoms in total. The second-order valence-corrected chi connectivity index (χ2v) is 6.24. The molecule has 0 aliphatic carbocycles. The SMILES string of the molecule is NS(=O)(=O)CCCNc1cc(Cl)c(Cl)cc1[N+](=O)[O-]. The molecule has 3 N–H and O–H groups in total. The fourth-order valence-electron chi connectivity index (χ4n) is 1.33. The lowest BCUT2D eigenvalue weighted by Crippen LogP contribution is -2.18. The van der Waals surface area contributed by atoms with Crippen molar-refractivity contribution in [1.82, 2.24) is 0 Å². The van der Waals surface area contributed by atoms with Gasteiger partial charge in [-0.15, -0.1) is 0 Å². The van der Waals surface area contributed by atoms with E-state index in [-0.39, 0.29) is 40.1 Å². The molecule has 0 radical (unpaired) electrons. The summed E-state index contributed by atoms with van der Waals surface area (Å²) in [5.74, 6) is -0.213. The molecule has 0 heterocycles. The zero-order valence-corrected chi connectivity index (χ0v) is 11.9. The molecule has 0 fully saturated rings. The lowest BCUT2D eigenvalue weighted by molar-refractivity contribution is -0.383. The predicted molar refractivity (Wildman–Crippen MR) is 74.2 cm³/mol. The number of benzene rings is 1. The van der Waals surface area contributed by atoms with Crippen molar-refractivity contribution < 1.29 is 13.3 Å². The van der Waals surface area contributed by atoms with Crippen LogP contribution in [0.3, 0.4) is 0 Å². The average molecular weight is 328 g/mol. The average Bonchev–Trinajstić information content (AvgIpc) is 2.27. The number of primary sulfonamides is 1. The van der Waals surface area contributed by atoms with Crippen molar-refractivity contribution in [2.75, 3.05) is 17.6 Å². The van der Waals surface area contributed by atoms with Crippen molar-refractivity contribution in [2.45, 2.75) is 6.42 Å². The molecular weight excluding hydrogens is 317 g/mol. The van der Waals surface area contributed by atoms with Gasteiger partial charge in [0.2, 0.25) is 10.0 Å². The van der Waals surface area contributed by atoms with Gasteiger partial charge in [0.25, 0.3) is 5.69 Å². The third kappa shape index (κ3) is 5.19. The Morgan fingerprint density at radius 3 is 2.42 bits per heavy atom. The van der Waals surface area contributed by atoms with Gasteiger partial charge in [-0.3, -0.25) is 10.1 Å². The standard InChI is InChI=1S/C9H11Cl2N3O4S/c10-6-4-8(9(14(15)16)5-7(6)11)13-2-1-3-19(12,17)18/h4-5,13H,1-3H2,(H2,12,17,18). The first-order valence-corrected chi connectivity index (χ1v) is 7.55. The highest BCUT2D eigenvalue weighted by atomic mass is 35.5. The van der Waals surface area contributed by atoms with Crippen LogP contribution < -0.4 is 10.5 Å². The fraction of sp³-hybridized carbons (Fsp3) is 0.333. The Morgan fingerprint density at radius 2 is 1.89 bits per heavy atom.